The molecule has 0 unspecified atom stereocenters. The third kappa shape index (κ3) is 17.9. The molecule has 0 aliphatic carbocycles. The molecule has 388 valence electrons. The first kappa shape index (κ1) is 57.0. The van der Waals surface area contributed by atoms with Crippen LogP contribution in [0, 0.1) is 20.2 Å². The van der Waals surface area contributed by atoms with E-state index in [4.69, 9.17) is 34.2 Å². The molecular weight excluding hydrogens is 949 g/mol. The van der Waals surface area contributed by atoms with Crippen LogP contribution in [0.2, 0.25) is 0 Å². The van der Waals surface area contributed by atoms with Crippen LogP contribution in [0.1, 0.15) is 94.2 Å². The Balaban J connectivity index is 0.000000264. The third-order valence-electron chi connectivity index (χ3n) is 9.05. The maximum Gasteiger partial charge on any atom is 0.519 e. The molecule has 4 aromatic carbocycles. The molecule has 0 aliphatic rings. The summed E-state index contributed by atoms with van der Waals surface area (Å²) in [5.41, 5.74) is 4.67. The van der Waals surface area contributed by atoms with Gasteiger partial charge in [0.25, 0.3) is 11.4 Å². The van der Waals surface area contributed by atoms with Crippen molar-refractivity contribution < 1.29 is 62.2 Å². The smallest absolute Gasteiger partial charge is 0.488 e. The van der Waals surface area contributed by atoms with E-state index in [1.165, 1.54) is 30.6 Å². The summed E-state index contributed by atoms with van der Waals surface area (Å²) in [6, 6.07) is 23.2. The maximum absolute atomic E-state index is 13.1. The number of fused-ring (bicyclic) bond motifs is 2. The number of hydrogen-bond acceptors (Lipinski definition) is 18. The van der Waals surface area contributed by atoms with Crippen LogP contribution in [0.3, 0.4) is 0 Å². The van der Waals surface area contributed by atoms with Gasteiger partial charge in [-0.15, -0.1) is 0 Å². The van der Waals surface area contributed by atoms with Gasteiger partial charge >= 0.3 is 24.5 Å². The monoisotopic (exact) mass is 1010 g/mol. The molecule has 6 aromatic rings. The Morgan fingerprint density at radius 1 is 0.521 bits per heavy atom. The van der Waals surface area contributed by atoms with E-state index in [2.05, 4.69) is 14.7 Å². The first-order valence-electron chi connectivity index (χ1n) is 22.5. The number of aromatic nitrogens is 2. The maximum atomic E-state index is 13.1. The lowest BCUT2D eigenvalue weighted by Gasteiger charge is -2.29. The van der Waals surface area contributed by atoms with E-state index < -0.39 is 56.7 Å². The lowest BCUT2D eigenvalue weighted by molar-refractivity contribution is -0.383. The zero-order chi connectivity index (χ0) is 54.5. The molecule has 0 saturated carbocycles. The van der Waals surface area contributed by atoms with Gasteiger partial charge in [-0.1, -0.05) is 36.4 Å². The number of anilines is 2. The summed E-state index contributed by atoms with van der Waals surface area (Å²) in [6.45, 7) is 20.3. The van der Waals surface area contributed by atoms with Crippen LogP contribution in [0.4, 0.5) is 41.9 Å². The second-order valence-electron chi connectivity index (χ2n) is 19.8. The van der Waals surface area contributed by atoms with Crippen molar-refractivity contribution in [1.82, 2.24) is 9.97 Å². The van der Waals surface area contributed by atoms with Crippen molar-refractivity contribution >= 4 is 68.8 Å². The van der Waals surface area contributed by atoms with Crippen LogP contribution in [0.25, 0.3) is 21.5 Å². The Morgan fingerprint density at radius 2 is 0.890 bits per heavy atom. The predicted molar refractivity (Wildman–Crippen MR) is 271 cm³/mol. The Labute approximate surface area is 421 Å². The molecule has 2 amide bonds. The van der Waals surface area contributed by atoms with Gasteiger partial charge in [0.15, 0.2) is 0 Å². The number of non-ortho nitro benzene ring substituents is 2. The number of carbonyl (C=O) groups is 4. The van der Waals surface area contributed by atoms with Crippen LogP contribution in [-0.4, -0.2) is 66.7 Å². The Kier molecular flexibility index (Phi) is 18.7. The van der Waals surface area contributed by atoms with E-state index in [1.807, 2.05) is 6.07 Å². The van der Waals surface area contributed by atoms with E-state index in [9.17, 15) is 39.4 Å². The first-order chi connectivity index (χ1) is 33.9. The number of nitro benzene ring substituents is 2. The van der Waals surface area contributed by atoms with Crippen LogP contribution >= 0.6 is 0 Å². The lowest BCUT2D eigenvalue weighted by Crippen LogP contribution is -2.44. The molecule has 0 aliphatic heterocycles. The van der Waals surface area contributed by atoms with E-state index >= 15 is 0 Å². The normalized spacial score (nSPS) is 11.3. The SMILES string of the molecule is CC(C)(C)OC(=O)N(C(=O)OC(C)(C)C)c1cnccc1COc1ccc([N+](=O)[O-])c2ccccc12.CC(C)(C)OC(=O)OC(=O)OC(C)(C)C.Nc1cnccc1COc1ccc([N+](=O)[O-])c2ccccc12. The number of nitrogens with two attached hydrogens (primary N) is 1. The predicted octanol–water partition coefficient (Wildman–Crippen LogP) is 12.6. The van der Waals surface area contributed by atoms with Gasteiger partial charge in [0, 0.05) is 46.4 Å². The molecule has 0 radical (unpaired) electrons. The molecule has 6 rings (SSSR count). The molecule has 21 nitrogen and oxygen atoms in total. The van der Waals surface area contributed by atoms with Crippen molar-refractivity contribution in [3.05, 3.63) is 141 Å². The second-order valence-corrected chi connectivity index (χ2v) is 19.8. The summed E-state index contributed by atoms with van der Waals surface area (Å²) < 4.78 is 36.5. The summed E-state index contributed by atoms with van der Waals surface area (Å²) in [5.74, 6) is 0.984. The Hall–Kier alpha value is -8.62. The minimum absolute atomic E-state index is 0.0384. The second kappa shape index (κ2) is 24.0. The van der Waals surface area contributed by atoms with Crippen LogP contribution in [-0.2, 0) is 36.9 Å². The van der Waals surface area contributed by atoms with Crippen molar-refractivity contribution in [2.24, 2.45) is 0 Å². The van der Waals surface area contributed by atoms with Crippen molar-refractivity contribution in [3.63, 3.8) is 0 Å². The molecule has 0 spiro atoms. The number of imide groups is 1. The topological polar surface area (TPSA) is 274 Å². The van der Waals surface area contributed by atoms with Gasteiger partial charge in [-0.3, -0.25) is 30.2 Å². The van der Waals surface area contributed by atoms with Gasteiger partial charge in [0.1, 0.15) is 47.1 Å². The number of hydrogen-bond donors (Lipinski definition) is 1. The average Bonchev–Trinajstić information content (AvgIpc) is 3.26. The zero-order valence-corrected chi connectivity index (χ0v) is 42.7. The molecule has 0 saturated heterocycles. The lowest BCUT2D eigenvalue weighted by atomic mass is 10.1. The number of ether oxygens (including phenoxy) is 7. The fourth-order valence-corrected chi connectivity index (χ4v) is 6.19. The number of amides is 2. The first-order valence-corrected chi connectivity index (χ1v) is 22.5. The number of nitro groups is 2. The third-order valence-corrected chi connectivity index (χ3v) is 9.05. The average molecular weight is 1010 g/mol. The number of carbonyl (C=O) groups excluding carboxylic acids is 4. The molecular formula is C52H60N6O15. The van der Waals surface area contributed by atoms with Gasteiger partial charge in [-0.05, 0) is 119 Å². The highest BCUT2D eigenvalue weighted by molar-refractivity contribution is 6.10. The van der Waals surface area contributed by atoms with E-state index in [0.717, 1.165) is 10.5 Å². The summed E-state index contributed by atoms with van der Waals surface area (Å²) in [5, 5.41) is 24.7. The van der Waals surface area contributed by atoms with Gasteiger partial charge in [-0.2, -0.15) is 4.90 Å². The van der Waals surface area contributed by atoms with E-state index in [-0.39, 0.29) is 30.3 Å². The van der Waals surface area contributed by atoms with Gasteiger partial charge in [-0.25, -0.2) is 19.2 Å². The summed E-state index contributed by atoms with van der Waals surface area (Å²) in [4.78, 5) is 78.6. The molecule has 2 N–H and O–H groups in total. The number of pyridine rings is 2. The molecule has 2 aromatic heterocycles. The quantitative estimate of drug-likeness (QED) is 0.0463. The number of nitrogens with zero attached hydrogens (tertiary/aromatic N) is 5. The summed E-state index contributed by atoms with van der Waals surface area (Å²) in [7, 11) is 0. The largest absolute Gasteiger partial charge is 0.519 e. The minimum atomic E-state index is -1.06. The van der Waals surface area contributed by atoms with Crippen molar-refractivity contribution in [2.45, 2.75) is 119 Å². The highest BCUT2D eigenvalue weighted by atomic mass is 16.8. The zero-order valence-electron chi connectivity index (χ0n) is 42.7. The standard InChI is InChI=1S/C26H29N3O7.C16H13N3O3.C10H18O5/c1-25(2,3)35-23(30)28(24(31)36-26(4,5)6)21-15-27-14-13-17(21)16-34-22-12-11-20(29(32)33)18-9-7-8-10-19(18)22;17-14-9-18-8-7-11(14)10-22-16-6-5-15(19(20)21)12-3-1-2-4-13(12)16;1-9(2,3)14-7(11)13-8(12)15-10(4,5)6/h7-15H,16H2,1-6H3;1-9H,10,17H2;1-6H3. The van der Waals surface area contributed by atoms with Gasteiger partial charge in [0.2, 0.25) is 0 Å². The summed E-state index contributed by atoms with van der Waals surface area (Å²) in [6.07, 6.45) is 2.08. The van der Waals surface area contributed by atoms with Gasteiger partial charge < -0.3 is 38.9 Å². The van der Waals surface area contributed by atoms with Crippen molar-refractivity contribution in [1.29, 1.82) is 0 Å². The number of benzene rings is 4. The van der Waals surface area contributed by atoms with Crippen molar-refractivity contribution in [3.8, 4) is 11.5 Å². The molecule has 0 bridgehead atoms. The molecule has 21 heteroatoms. The van der Waals surface area contributed by atoms with Crippen molar-refractivity contribution in [2.75, 3.05) is 10.6 Å². The highest BCUT2D eigenvalue weighted by Crippen LogP contribution is 2.35. The Bertz CT molecular complexity index is 2900. The van der Waals surface area contributed by atoms with E-state index in [1.54, 1.807) is 156 Å². The fourth-order valence-electron chi connectivity index (χ4n) is 6.19. The van der Waals surface area contributed by atoms with Crippen LogP contribution < -0.4 is 20.1 Å². The van der Waals surface area contributed by atoms with Gasteiger partial charge in [0.05, 0.1) is 44.4 Å². The Morgan fingerprint density at radius 3 is 1.27 bits per heavy atom. The number of rotatable bonds is 9. The molecule has 73 heavy (non-hydrogen) atoms. The molecule has 0 fully saturated rings. The van der Waals surface area contributed by atoms with Crippen LogP contribution in [0.15, 0.2) is 110 Å². The summed E-state index contributed by atoms with van der Waals surface area (Å²) >= 11 is 0. The fraction of sp³-hybridized carbons (Fsp3) is 0.346. The van der Waals surface area contributed by atoms with E-state index in [0.29, 0.717) is 44.3 Å². The minimum Gasteiger partial charge on any atom is -0.488 e. The molecule has 0 atom stereocenters. The number of nitrogen functional groups attached to an aromatic ring is 1. The molecule has 2 heterocycles. The van der Waals surface area contributed by atoms with Crippen LogP contribution in [0.5, 0.6) is 11.5 Å². The highest BCUT2D eigenvalue weighted by Gasteiger charge is 2.34.